The van der Waals surface area contributed by atoms with Crippen molar-refractivity contribution in [1.29, 1.82) is 0 Å². The summed E-state index contributed by atoms with van der Waals surface area (Å²) in [5, 5.41) is 0. The second kappa shape index (κ2) is 7.48. The van der Waals surface area contributed by atoms with Crippen LogP contribution >= 0.6 is 0 Å². The van der Waals surface area contributed by atoms with E-state index in [4.69, 9.17) is 9.47 Å². The summed E-state index contributed by atoms with van der Waals surface area (Å²) in [6, 6.07) is 0.302. The van der Waals surface area contributed by atoms with E-state index < -0.39 is 0 Å². The molecule has 18 heavy (non-hydrogen) atoms. The average Bonchev–Trinajstić information content (AvgIpc) is 2.73. The normalized spacial score (nSPS) is 23.3. The summed E-state index contributed by atoms with van der Waals surface area (Å²) in [5.74, 6) is -0.226. The van der Waals surface area contributed by atoms with Crippen molar-refractivity contribution in [3.05, 3.63) is 0 Å². The van der Waals surface area contributed by atoms with Crippen molar-refractivity contribution in [1.82, 2.24) is 4.90 Å². The predicted molar refractivity (Wildman–Crippen MR) is 67.3 cm³/mol. The molecule has 5 heteroatoms. The summed E-state index contributed by atoms with van der Waals surface area (Å²) in [7, 11) is 1.93. The van der Waals surface area contributed by atoms with Gasteiger partial charge in [-0.05, 0) is 27.3 Å². The second-order valence-corrected chi connectivity index (χ2v) is 4.69. The molecule has 0 aromatic rings. The monoisotopic (exact) mass is 257 g/mol. The molecule has 1 aliphatic heterocycles. The number of carbonyl (C=O) groups is 2. The molecular weight excluding hydrogens is 234 g/mol. The van der Waals surface area contributed by atoms with Gasteiger partial charge in [0.1, 0.15) is 5.78 Å². The molecule has 5 nitrogen and oxygen atoms in total. The molecule has 0 aromatic heterocycles. The number of likely N-dealkylation sites (N-methyl/N-ethyl adjacent to an activating group) is 1. The highest BCUT2D eigenvalue weighted by Gasteiger charge is 2.28. The van der Waals surface area contributed by atoms with E-state index in [0.29, 0.717) is 19.2 Å². The van der Waals surface area contributed by atoms with Crippen LogP contribution in [0.5, 0.6) is 0 Å². The number of ether oxygens (including phenoxy) is 2. The summed E-state index contributed by atoms with van der Waals surface area (Å²) in [5.41, 5.74) is 0. The number of nitrogens with zero attached hydrogens (tertiary/aromatic N) is 1. The van der Waals surface area contributed by atoms with Gasteiger partial charge in [0.05, 0.1) is 25.7 Å². The first-order valence-electron chi connectivity index (χ1n) is 6.53. The highest BCUT2D eigenvalue weighted by molar-refractivity contribution is 5.84. The Kier molecular flexibility index (Phi) is 6.29. The summed E-state index contributed by atoms with van der Waals surface area (Å²) in [6.07, 6.45) is 1.57. The Hall–Kier alpha value is -0.940. The number of carbonyl (C=O) groups excluding carboxylic acids is 2. The molecule has 0 N–H and O–H groups in total. The Balaban J connectivity index is 2.25. The van der Waals surface area contributed by atoms with E-state index in [-0.39, 0.29) is 30.7 Å². The molecule has 0 saturated carbocycles. The zero-order valence-electron chi connectivity index (χ0n) is 11.5. The lowest BCUT2D eigenvalue weighted by Gasteiger charge is -2.25. The van der Waals surface area contributed by atoms with Crippen LogP contribution in [-0.4, -0.2) is 55.6 Å². The molecule has 0 amide bonds. The molecule has 0 radical (unpaired) electrons. The largest absolute Gasteiger partial charge is 0.466 e. The number of hydrogen-bond donors (Lipinski definition) is 0. The third kappa shape index (κ3) is 4.74. The Bertz CT molecular complexity index is 293. The fourth-order valence-corrected chi connectivity index (χ4v) is 2.25. The van der Waals surface area contributed by atoms with Crippen molar-refractivity contribution in [2.45, 2.75) is 45.3 Å². The van der Waals surface area contributed by atoms with E-state index in [2.05, 4.69) is 0 Å². The van der Waals surface area contributed by atoms with Gasteiger partial charge in [-0.25, -0.2) is 0 Å². The van der Waals surface area contributed by atoms with E-state index >= 15 is 0 Å². The minimum absolute atomic E-state index is 0.0738. The van der Waals surface area contributed by atoms with Crippen LogP contribution in [0.25, 0.3) is 0 Å². The Morgan fingerprint density at radius 1 is 1.39 bits per heavy atom. The van der Waals surface area contributed by atoms with Gasteiger partial charge in [-0.1, -0.05) is 0 Å². The van der Waals surface area contributed by atoms with Crippen LogP contribution < -0.4 is 0 Å². The van der Waals surface area contributed by atoms with Crippen LogP contribution in [0.1, 0.15) is 33.1 Å². The van der Waals surface area contributed by atoms with E-state index in [1.54, 1.807) is 6.92 Å². The Morgan fingerprint density at radius 2 is 2.11 bits per heavy atom. The van der Waals surface area contributed by atoms with Crippen molar-refractivity contribution in [2.24, 2.45) is 0 Å². The minimum atomic E-state index is -0.300. The van der Waals surface area contributed by atoms with Crippen LogP contribution in [0.3, 0.4) is 0 Å². The summed E-state index contributed by atoms with van der Waals surface area (Å²) >= 11 is 0. The molecule has 104 valence electrons. The standard InChI is InChI=1S/C13H23NO4/c1-4-17-13(16)6-5-11(15)9-14(3)12-7-8-18-10(12)2/h10,12H,4-9H2,1-3H3. The maximum absolute atomic E-state index is 11.7. The van der Waals surface area contributed by atoms with Gasteiger partial charge in [0.15, 0.2) is 0 Å². The third-order valence-electron chi connectivity index (χ3n) is 3.24. The minimum Gasteiger partial charge on any atom is -0.466 e. The van der Waals surface area contributed by atoms with Gasteiger partial charge in [-0.2, -0.15) is 0 Å². The van der Waals surface area contributed by atoms with Gasteiger partial charge in [0.2, 0.25) is 0 Å². The Labute approximate surface area is 108 Å². The topological polar surface area (TPSA) is 55.8 Å². The smallest absolute Gasteiger partial charge is 0.306 e. The van der Waals surface area contributed by atoms with Crippen molar-refractivity contribution < 1.29 is 19.1 Å². The first kappa shape index (κ1) is 15.1. The molecule has 0 aliphatic carbocycles. The van der Waals surface area contributed by atoms with Crippen LogP contribution in [0.4, 0.5) is 0 Å². The molecule has 0 bridgehead atoms. The summed E-state index contributed by atoms with van der Waals surface area (Å²) < 4.78 is 10.3. The SMILES string of the molecule is CCOC(=O)CCC(=O)CN(C)C1CCOC1C. The van der Waals surface area contributed by atoms with Gasteiger partial charge in [0, 0.05) is 19.1 Å². The average molecular weight is 257 g/mol. The number of rotatable bonds is 7. The first-order valence-corrected chi connectivity index (χ1v) is 6.53. The highest BCUT2D eigenvalue weighted by Crippen LogP contribution is 2.18. The molecular formula is C13H23NO4. The maximum atomic E-state index is 11.7. The maximum Gasteiger partial charge on any atom is 0.306 e. The van der Waals surface area contributed by atoms with Crippen molar-refractivity contribution >= 4 is 11.8 Å². The zero-order chi connectivity index (χ0) is 13.5. The molecule has 1 saturated heterocycles. The zero-order valence-corrected chi connectivity index (χ0v) is 11.5. The molecule has 0 spiro atoms. The van der Waals surface area contributed by atoms with Crippen molar-refractivity contribution in [2.75, 3.05) is 26.8 Å². The second-order valence-electron chi connectivity index (χ2n) is 4.69. The lowest BCUT2D eigenvalue weighted by Crippen LogP contribution is -2.39. The van der Waals surface area contributed by atoms with E-state index in [1.165, 1.54) is 0 Å². The third-order valence-corrected chi connectivity index (χ3v) is 3.24. The van der Waals surface area contributed by atoms with Crippen molar-refractivity contribution in [3.63, 3.8) is 0 Å². The van der Waals surface area contributed by atoms with Gasteiger partial charge >= 0.3 is 5.97 Å². The molecule has 1 fully saturated rings. The summed E-state index contributed by atoms with van der Waals surface area (Å²) in [6.45, 7) is 5.28. The molecule has 1 heterocycles. The number of ketones is 1. The number of Topliss-reactive ketones (excluding diaryl/α,β-unsaturated/α-hetero) is 1. The summed E-state index contributed by atoms with van der Waals surface area (Å²) in [4.78, 5) is 24.9. The number of esters is 1. The first-order chi connectivity index (χ1) is 8.54. The van der Waals surface area contributed by atoms with Crippen LogP contribution in [0, 0.1) is 0 Å². The van der Waals surface area contributed by atoms with Crippen molar-refractivity contribution in [3.8, 4) is 0 Å². The fraction of sp³-hybridized carbons (Fsp3) is 0.846. The van der Waals surface area contributed by atoms with E-state index in [1.807, 2.05) is 18.9 Å². The molecule has 1 aliphatic rings. The lowest BCUT2D eigenvalue weighted by atomic mass is 10.1. The number of hydrogen-bond acceptors (Lipinski definition) is 5. The molecule has 1 rings (SSSR count). The van der Waals surface area contributed by atoms with Gasteiger partial charge in [0.25, 0.3) is 0 Å². The van der Waals surface area contributed by atoms with Gasteiger partial charge < -0.3 is 9.47 Å². The van der Waals surface area contributed by atoms with E-state index in [0.717, 1.165) is 13.0 Å². The van der Waals surface area contributed by atoms with Crippen LogP contribution in [-0.2, 0) is 19.1 Å². The van der Waals surface area contributed by atoms with Crippen LogP contribution in [0.15, 0.2) is 0 Å². The highest BCUT2D eigenvalue weighted by atomic mass is 16.5. The molecule has 0 aromatic carbocycles. The van der Waals surface area contributed by atoms with Gasteiger partial charge in [-0.3, -0.25) is 14.5 Å². The fourth-order valence-electron chi connectivity index (χ4n) is 2.25. The van der Waals surface area contributed by atoms with Gasteiger partial charge in [-0.15, -0.1) is 0 Å². The Morgan fingerprint density at radius 3 is 2.67 bits per heavy atom. The lowest BCUT2D eigenvalue weighted by molar-refractivity contribution is -0.144. The van der Waals surface area contributed by atoms with E-state index in [9.17, 15) is 9.59 Å². The quantitative estimate of drug-likeness (QED) is 0.637. The molecule has 2 unspecified atom stereocenters. The van der Waals surface area contributed by atoms with Crippen LogP contribution in [0.2, 0.25) is 0 Å². The predicted octanol–water partition coefficient (Wildman–Crippen LogP) is 1.01. The molecule has 2 atom stereocenters.